The van der Waals surface area contributed by atoms with Gasteiger partial charge in [0.15, 0.2) is 5.75 Å². The van der Waals surface area contributed by atoms with Gasteiger partial charge >= 0.3 is 0 Å². The van der Waals surface area contributed by atoms with Gasteiger partial charge in [0.05, 0.1) is 0 Å². The van der Waals surface area contributed by atoms with Crippen molar-refractivity contribution in [2.75, 3.05) is 0 Å². The third-order valence-corrected chi connectivity index (χ3v) is 0.724. The second kappa shape index (κ2) is 2.44. The quantitative estimate of drug-likeness (QED) is 0.339. The SMILES string of the molecule is O=c1cc(O)c1=O.[Na]. The number of aromatic hydroxyl groups is 1. The summed E-state index contributed by atoms with van der Waals surface area (Å²) in [6.07, 6.45) is 0. The zero-order valence-corrected chi connectivity index (χ0v) is 6.34. The summed E-state index contributed by atoms with van der Waals surface area (Å²) < 4.78 is 0. The molecule has 0 aliphatic carbocycles. The van der Waals surface area contributed by atoms with Gasteiger partial charge in [-0.15, -0.1) is 0 Å². The van der Waals surface area contributed by atoms with Crippen molar-refractivity contribution in [1.29, 1.82) is 0 Å². The van der Waals surface area contributed by atoms with Crippen LogP contribution >= 0.6 is 0 Å². The van der Waals surface area contributed by atoms with Crippen LogP contribution in [0.15, 0.2) is 15.7 Å². The molecule has 1 aromatic rings. The van der Waals surface area contributed by atoms with Gasteiger partial charge in [0.1, 0.15) is 0 Å². The molecule has 3 nitrogen and oxygen atoms in total. The largest absolute Gasteiger partial charge is 0.504 e. The van der Waals surface area contributed by atoms with Gasteiger partial charge in [-0.05, 0) is 0 Å². The van der Waals surface area contributed by atoms with Crippen molar-refractivity contribution in [2.24, 2.45) is 0 Å². The molecule has 0 aliphatic heterocycles. The number of hydrogen-bond acceptors (Lipinski definition) is 3. The third-order valence-electron chi connectivity index (χ3n) is 0.724. The summed E-state index contributed by atoms with van der Waals surface area (Å²) in [6.45, 7) is 0. The van der Waals surface area contributed by atoms with E-state index in [1.807, 2.05) is 0 Å². The Kier molecular flexibility index (Phi) is 2.40. The maximum Gasteiger partial charge on any atom is 0.267 e. The predicted octanol–water partition coefficient (Wildman–Crippen LogP) is -1.39. The smallest absolute Gasteiger partial charge is 0.267 e. The standard InChI is InChI=1S/C4H2O3.Na/c5-2-1-3(6)4(2)7;/h1,5H;. The monoisotopic (exact) mass is 121 g/mol. The molecular formula is C4H2NaO3. The Morgan fingerprint density at radius 2 is 1.88 bits per heavy atom. The molecule has 0 unspecified atom stereocenters. The first-order valence-corrected chi connectivity index (χ1v) is 1.71. The maximum absolute atomic E-state index is 9.89. The van der Waals surface area contributed by atoms with Crippen LogP contribution in [0, 0.1) is 0 Å². The van der Waals surface area contributed by atoms with Gasteiger partial charge in [-0.2, -0.15) is 0 Å². The maximum atomic E-state index is 9.89. The first-order chi connectivity index (χ1) is 3.22. The topological polar surface area (TPSA) is 54.4 Å². The zero-order valence-electron chi connectivity index (χ0n) is 4.34. The second-order valence-electron chi connectivity index (χ2n) is 1.22. The Hall–Kier alpha value is -0.120. The minimum Gasteiger partial charge on any atom is -0.504 e. The van der Waals surface area contributed by atoms with Crippen molar-refractivity contribution in [1.82, 2.24) is 0 Å². The summed E-state index contributed by atoms with van der Waals surface area (Å²) in [7, 11) is 0. The molecule has 8 heavy (non-hydrogen) atoms. The van der Waals surface area contributed by atoms with Crippen LogP contribution in [0.5, 0.6) is 5.75 Å². The fourth-order valence-electron chi connectivity index (χ4n) is 0.304. The van der Waals surface area contributed by atoms with E-state index in [9.17, 15) is 9.59 Å². The Bertz CT molecular complexity index is 245. The molecule has 0 heterocycles. The molecule has 0 bridgehead atoms. The molecule has 0 aliphatic rings. The molecule has 37 valence electrons. The Morgan fingerprint density at radius 3 is 1.88 bits per heavy atom. The van der Waals surface area contributed by atoms with Gasteiger partial charge in [-0.1, -0.05) is 0 Å². The van der Waals surface area contributed by atoms with Crippen molar-refractivity contribution < 1.29 is 5.11 Å². The van der Waals surface area contributed by atoms with Crippen LogP contribution in [0.2, 0.25) is 0 Å². The number of hydrogen-bond donors (Lipinski definition) is 1. The van der Waals surface area contributed by atoms with Crippen molar-refractivity contribution >= 4 is 29.6 Å². The normalized spacial score (nSPS) is 8.50. The summed E-state index contributed by atoms with van der Waals surface area (Å²) >= 11 is 0. The van der Waals surface area contributed by atoms with Crippen LogP contribution < -0.4 is 10.9 Å². The van der Waals surface area contributed by atoms with Crippen LogP contribution in [0.3, 0.4) is 0 Å². The van der Waals surface area contributed by atoms with Crippen LogP contribution in [-0.2, 0) is 0 Å². The molecular weight excluding hydrogens is 119 g/mol. The Labute approximate surface area is 66.9 Å². The van der Waals surface area contributed by atoms with Crippen LogP contribution in [-0.4, -0.2) is 34.7 Å². The van der Waals surface area contributed by atoms with Crippen LogP contribution in [0.25, 0.3) is 0 Å². The Morgan fingerprint density at radius 1 is 1.38 bits per heavy atom. The molecule has 1 rings (SSSR count). The van der Waals surface area contributed by atoms with Gasteiger partial charge in [0.2, 0.25) is 5.43 Å². The van der Waals surface area contributed by atoms with Gasteiger partial charge in [0.25, 0.3) is 5.43 Å². The summed E-state index contributed by atoms with van der Waals surface area (Å²) in [5.74, 6) is -0.426. The first-order valence-electron chi connectivity index (χ1n) is 1.71. The molecule has 0 spiro atoms. The minimum atomic E-state index is -0.778. The molecule has 0 aromatic heterocycles. The molecule has 0 fully saturated rings. The van der Waals surface area contributed by atoms with E-state index >= 15 is 0 Å². The zero-order chi connectivity index (χ0) is 5.44. The predicted molar refractivity (Wildman–Crippen MR) is 28.8 cm³/mol. The van der Waals surface area contributed by atoms with Crippen LogP contribution in [0.4, 0.5) is 0 Å². The fourth-order valence-corrected chi connectivity index (χ4v) is 0.304. The summed E-state index contributed by atoms with van der Waals surface area (Å²) in [4.78, 5) is 19.7. The van der Waals surface area contributed by atoms with Gasteiger partial charge in [-0.3, -0.25) is 9.59 Å². The van der Waals surface area contributed by atoms with Gasteiger partial charge < -0.3 is 5.11 Å². The van der Waals surface area contributed by atoms with E-state index in [2.05, 4.69) is 0 Å². The van der Waals surface area contributed by atoms with E-state index in [-0.39, 0.29) is 29.6 Å². The summed E-state index contributed by atoms with van der Waals surface area (Å²) in [6, 6.07) is 0.891. The van der Waals surface area contributed by atoms with Crippen molar-refractivity contribution in [2.45, 2.75) is 0 Å². The molecule has 0 saturated heterocycles. The van der Waals surface area contributed by atoms with Crippen molar-refractivity contribution in [3.63, 3.8) is 0 Å². The molecule has 0 saturated carbocycles. The van der Waals surface area contributed by atoms with E-state index in [0.29, 0.717) is 0 Å². The second-order valence-corrected chi connectivity index (χ2v) is 1.22. The summed E-state index contributed by atoms with van der Waals surface area (Å²) in [5, 5.41) is 8.18. The van der Waals surface area contributed by atoms with Crippen molar-refractivity contribution in [3.8, 4) is 5.75 Å². The molecule has 1 radical (unpaired) electrons. The molecule has 1 N–H and O–H groups in total. The first kappa shape index (κ1) is 7.88. The minimum absolute atomic E-state index is 0. The number of rotatable bonds is 0. The third kappa shape index (κ3) is 0.992. The average Bonchev–Trinajstić information content (AvgIpc) is 1.68. The van der Waals surface area contributed by atoms with Gasteiger partial charge in [0, 0.05) is 35.6 Å². The fraction of sp³-hybridized carbons (Fsp3) is 0. The average molecular weight is 121 g/mol. The molecule has 4 heteroatoms. The van der Waals surface area contributed by atoms with E-state index in [1.165, 1.54) is 0 Å². The van der Waals surface area contributed by atoms with E-state index in [1.54, 1.807) is 0 Å². The molecule has 1 aromatic carbocycles. The van der Waals surface area contributed by atoms with Crippen molar-refractivity contribution in [3.05, 3.63) is 26.5 Å². The summed E-state index contributed by atoms with van der Waals surface area (Å²) in [5.41, 5.74) is -1.39. The molecule has 0 atom stereocenters. The van der Waals surface area contributed by atoms with Gasteiger partial charge in [-0.25, -0.2) is 0 Å². The van der Waals surface area contributed by atoms with E-state index in [4.69, 9.17) is 5.11 Å². The van der Waals surface area contributed by atoms with Crippen LogP contribution in [0.1, 0.15) is 0 Å². The molecule has 0 amide bonds. The van der Waals surface area contributed by atoms with E-state index < -0.39 is 16.6 Å². The Balaban J connectivity index is 0.000000490. The van der Waals surface area contributed by atoms with E-state index in [0.717, 1.165) is 6.07 Å².